The molecular weight excluding hydrogens is 390 g/mol. The number of methoxy groups -OCH3 is 1. The van der Waals surface area contributed by atoms with Crippen LogP contribution in [0.1, 0.15) is 37.6 Å². The Labute approximate surface area is 168 Å². The van der Waals surface area contributed by atoms with Gasteiger partial charge in [-0.3, -0.25) is 4.79 Å². The van der Waals surface area contributed by atoms with Crippen molar-refractivity contribution in [3.63, 3.8) is 0 Å². The predicted octanol–water partition coefficient (Wildman–Crippen LogP) is 1.96. The smallest absolute Gasteiger partial charge is 0.253 e. The molecule has 1 fully saturated rings. The summed E-state index contributed by atoms with van der Waals surface area (Å²) in [6, 6.07) is 4.58. The molecule has 1 aromatic carbocycles. The number of hydrogen-bond acceptors (Lipinski definition) is 5. The summed E-state index contributed by atoms with van der Waals surface area (Å²) in [6.45, 7) is 8.03. The summed E-state index contributed by atoms with van der Waals surface area (Å²) >= 11 is 0. The van der Waals surface area contributed by atoms with Gasteiger partial charge in [-0.2, -0.15) is 4.31 Å². The maximum absolute atomic E-state index is 12.9. The summed E-state index contributed by atoms with van der Waals surface area (Å²) in [7, 11) is -2.31. The highest BCUT2D eigenvalue weighted by Gasteiger charge is 2.36. The third-order valence-electron chi connectivity index (χ3n) is 5.07. The van der Waals surface area contributed by atoms with E-state index in [9.17, 15) is 13.2 Å². The lowest BCUT2D eigenvalue weighted by Gasteiger charge is -2.23. The number of hydrogen-bond donors (Lipinski definition) is 1. The highest BCUT2D eigenvalue weighted by atomic mass is 35.5. The van der Waals surface area contributed by atoms with Crippen molar-refractivity contribution in [2.75, 3.05) is 39.8 Å². The van der Waals surface area contributed by atoms with E-state index in [2.05, 4.69) is 6.92 Å². The molecule has 1 aliphatic heterocycles. The number of nitrogens with zero attached hydrogens (tertiary/aromatic N) is 2. The Bertz CT molecular complexity index is 768. The molecule has 0 aliphatic carbocycles. The number of carbonyl (C=O) groups is 1. The molecular formula is C18H30ClN3O4S. The Morgan fingerprint density at radius 3 is 2.44 bits per heavy atom. The topological polar surface area (TPSA) is 92.9 Å². The van der Waals surface area contributed by atoms with Crippen LogP contribution >= 0.6 is 12.4 Å². The summed E-state index contributed by atoms with van der Waals surface area (Å²) in [5.41, 5.74) is 6.07. The van der Waals surface area contributed by atoms with Crippen molar-refractivity contribution < 1.29 is 17.9 Å². The van der Waals surface area contributed by atoms with E-state index in [0.29, 0.717) is 38.3 Å². The zero-order valence-electron chi connectivity index (χ0n) is 16.4. The van der Waals surface area contributed by atoms with Crippen molar-refractivity contribution in [1.82, 2.24) is 9.21 Å². The van der Waals surface area contributed by atoms with Gasteiger partial charge in [-0.1, -0.05) is 20.8 Å². The molecule has 1 atom stereocenters. The Balaban J connectivity index is 0.00000364. The predicted molar refractivity (Wildman–Crippen MR) is 108 cm³/mol. The number of nitrogens with two attached hydrogens (primary N) is 1. The molecule has 0 aromatic heterocycles. The van der Waals surface area contributed by atoms with Gasteiger partial charge in [-0.25, -0.2) is 8.42 Å². The average Bonchev–Trinajstić information content (AvgIpc) is 3.04. The summed E-state index contributed by atoms with van der Waals surface area (Å²) < 4.78 is 32.4. The molecule has 1 unspecified atom stereocenters. The first-order chi connectivity index (χ1) is 12.2. The second-order valence-corrected chi connectivity index (χ2v) is 8.85. The molecule has 27 heavy (non-hydrogen) atoms. The molecule has 0 saturated carbocycles. The minimum Gasteiger partial charge on any atom is -0.495 e. The normalized spacial score (nSPS) is 19.9. The second kappa shape index (κ2) is 9.23. The maximum atomic E-state index is 12.9. The first kappa shape index (κ1) is 23.7. The van der Waals surface area contributed by atoms with Crippen LogP contribution in [0.25, 0.3) is 0 Å². The van der Waals surface area contributed by atoms with Gasteiger partial charge in [-0.05, 0) is 36.6 Å². The van der Waals surface area contributed by atoms with E-state index >= 15 is 0 Å². The lowest BCUT2D eigenvalue weighted by molar-refractivity contribution is 0.0776. The van der Waals surface area contributed by atoms with Gasteiger partial charge >= 0.3 is 0 Å². The number of likely N-dealkylation sites (tertiary alicyclic amines) is 1. The Hall–Kier alpha value is -1.35. The molecule has 1 saturated heterocycles. The second-order valence-electron chi connectivity index (χ2n) is 6.95. The van der Waals surface area contributed by atoms with Crippen LogP contribution in [0.15, 0.2) is 23.1 Å². The van der Waals surface area contributed by atoms with Gasteiger partial charge in [0.2, 0.25) is 10.0 Å². The molecule has 0 bridgehead atoms. The van der Waals surface area contributed by atoms with E-state index in [1.165, 1.54) is 17.5 Å². The Morgan fingerprint density at radius 1 is 1.33 bits per heavy atom. The first-order valence-corrected chi connectivity index (χ1v) is 10.3. The highest BCUT2D eigenvalue weighted by molar-refractivity contribution is 7.89. The van der Waals surface area contributed by atoms with Crippen molar-refractivity contribution in [1.29, 1.82) is 0 Å². The standard InChI is InChI=1S/C18H29N3O4S.ClH/c1-5-21(6-2)26(23,24)16-11-14(7-8-15(16)25-4)17(22)20-10-9-18(3,12-19)13-20;/h7-8,11H,5-6,9-10,12-13,19H2,1-4H3;1H. The average molecular weight is 420 g/mol. The third kappa shape index (κ3) is 4.74. The van der Waals surface area contributed by atoms with E-state index in [1.54, 1.807) is 30.9 Å². The fourth-order valence-electron chi connectivity index (χ4n) is 3.26. The van der Waals surface area contributed by atoms with Gasteiger partial charge < -0.3 is 15.4 Å². The van der Waals surface area contributed by atoms with Gasteiger partial charge in [0, 0.05) is 31.7 Å². The molecule has 2 rings (SSSR count). The maximum Gasteiger partial charge on any atom is 0.253 e. The van der Waals surface area contributed by atoms with Crippen LogP contribution in [-0.4, -0.2) is 63.4 Å². The molecule has 154 valence electrons. The van der Waals surface area contributed by atoms with Crippen molar-refractivity contribution in [3.05, 3.63) is 23.8 Å². The van der Waals surface area contributed by atoms with E-state index in [-0.39, 0.29) is 34.4 Å². The van der Waals surface area contributed by atoms with Gasteiger partial charge in [0.15, 0.2) is 0 Å². The molecule has 2 N–H and O–H groups in total. The number of halogens is 1. The SMILES string of the molecule is CCN(CC)S(=O)(=O)c1cc(C(=O)N2CCC(C)(CN)C2)ccc1OC.Cl. The van der Waals surface area contributed by atoms with Crippen LogP contribution in [0.5, 0.6) is 5.75 Å². The van der Waals surface area contributed by atoms with Gasteiger partial charge in [0.25, 0.3) is 5.91 Å². The monoisotopic (exact) mass is 419 g/mol. The molecule has 1 heterocycles. The number of rotatable bonds is 7. The molecule has 1 aromatic rings. The van der Waals surface area contributed by atoms with Crippen molar-refractivity contribution >= 4 is 28.3 Å². The van der Waals surface area contributed by atoms with Crippen LogP contribution in [0, 0.1) is 5.41 Å². The summed E-state index contributed by atoms with van der Waals surface area (Å²) in [6.07, 6.45) is 0.843. The fourth-order valence-corrected chi connectivity index (χ4v) is 4.90. The van der Waals surface area contributed by atoms with Crippen molar-refractivity contribution in [3.8, 4) is 5.75 Å². The molecule has 7 nitrogen and oxygen atoms in total. The van der Waals surface area contributed by atoms with E-state index in [0.717, 1.165) is 6.42 Å². The number of benzene rings is 1. The van der Waals surface area contributed by atoms with E-state index in [4.69, 9.17) is 10.5 Å². The highest BCUT2D eigenvalue weighted by Crippen LogP contribution is 2.32. The largest absolute Gasteiger partial charge is 0.495 e. The minimum atomic E-state index is -3.73. The summed E-state index contributed by atoms with van der Waals surface area (Å²) in [4.78, 5) is 14.6. The van der Waals surface area contributed by atoms with Crippen LogP contribution in [0.4, 0.5) is 0 Å². The summed E-state index contributed by atoms with van der Waals surface area (Å²) in [5.74, 6) is 0.0579. The Morgan fingerprint density at radius 2 is 1.96 bits per heavy atom. The first-order valence-electron chi connectivity index (χ1n) is 8.90. The number of amides is 1. The van der Waals surface area contributed by atoms with Crippen LogP contribution in [0.3, 0.4) is 0 Å². The quantitative estimate of drug-likeness (QED) is 0.729. The lowest BCUT2D eigenvalue weighted by Crippen LogP contribution is -2.35. The Kier molecular flexibility index (Phi) is 8.10. The van der Waals surface area contributed by atoms with Crippen LogP contribution in [0.2, 0.25) is 0 Å². The van der Waals surface area contributed by atoms with Gasteiger partial charge in [0.1, 0.15) is 10.6 Å². The molecule has 1 aliphatic rings. The lowest BCUT2D eigenvalue weighted by atomic mass is 9.90. The van der Waals surface area contributed by atoms with Crippen LogP contribution in [-0.2, 0) is 10.0 Å². The van der Waals surface area contributed by atoms with E-state index < -0.39 is 10.0 Å². The fraction of sp³-hybridized carbons (Fsp3) is 0.611. The number of carbonyl (C=O) groups excluding carboxylic acids is 1. The molecule has 1 amide bonds. The van der Waals surface area contributed by atoms with E-state index in [1.807, 2.05) is 0 Å². The molecule has 0 spiro atoms. The summed E-state index contributed by atoms with van der Waals surface area (Å²) in [5, 5.41) is 0. The minimum absolute atomic E-state index is 0. The zero-order chi connectivity index (χ0) is 19.5. The van der Waals surface area contributed by atoms with Gasteiger partial charge in [0.05, 0.1) is 7.11 Å². The number of sulfonamides is 1. The number of ether oxygens (including phenoxy) is 1. The molecule has 9 heteroatoms. The zero-order valence-corrected chi connectivity index (χ0v) is 18.0. The van der Waals surface area contributed by atoms with Gasteiger partial charge in [-0.15, -0.1) is 12.4 Å². The van der Waals surface area contributed by atoms with Crippen molar-refractivity contribution in [2.45, 2.75) is 32.1 Å². The molecule has 0 radical (unpaired) electrons. The third-order valence-corrected chi connectivity index (χ3v) is 7.14. The van der Waals surface area contributed by atoms with Crippen LogP contribution < -0.4 is 10.5 Å². The van der Waals surface area contributed by atoms with Crippen molar-refractivity contribution in [2.24, 2.45) is 11.1 Å².